The average Bonchev–Trinajstić information content (AvgIpc) is 2.68. The van der Waals surface area contributed by atoms with E-state index in [2.05, 4.69) is 0 Å². The predicted octanol–water partition coefficient (Wildman–Crippen LogP) is 1.52. The molecule has 0 unspecified atom stereocenters. The topological polar surface area (TPSA) is 49.7 Å². The quantitative estimate of drug-likeness (QED) is 0.823. The number of alkyl halides is 1. The van der Waals surface area contributed by atoms with Crippen LogP contribution >= 0.6 is 0 Å². The third-order valence-corrected chi connectivity index (χ3v) is 3.15. The molecule has 1 saturated heterocycles. The minimum absolute atomic E-state index is 0.132. The van der Waals surface area contributed by atoms with Gasteiger partial charge in [0.25, 0.3) is 5.56 Å². The molecule has 2 rings (SSSR count). The van der Waals surface area contributed by atoms with E-state index < -0.39 is 24.6 Å². The Morgan fingerprint density at radius 2 is 2.20 bits per heavy atom. The fourth-order valence-electron chi connectivity index (χ4n) is 2.34. The van der Waals surface area contributed by atoms with Gasteiger partial charge < -0.3 is 14.2 Å². The van der Waals surface area contributed by atoms with Gasteiger partial charge in [0.1, 0.15) is 12.2 Å². The molecule has 0 radical (unpaired) electrons. The molecule has 112 valence electrons. The van der Waals surface area contributed by atoms with Gasteiger partial charge in [-0.2, -0.15) is 0 Å². The van der Waals surface area contributed by atoms with Crippen LogP contribution in [0.15, 0.2) is 29.2 Å². The monoisotopic (exact) mass is 285 g/mol. The van der Waals surface area contributed by atoms with E-state index in [9.17, 15) is 9.18 Å². The average molecular weight is 285 g/mol. The highest BCUT2D eigenvalue weighted by Crippen LogP contribution is 2.33. The van der Waals surface area contributed by atoms with E-state index >= 15 is 0 Å². The van der Waals surface area contributed by atoms with Crippen LogP contribution in [-0.2, 0) is 14.2 Å². The molecule has 0 aliphatic carbocycles. The Kier molecular flexibility index (Phi) is 4.91. The van der Waals surface area contributed by atoms with Gasteiger partial charge in [-0.05, 0) is 19.9 Å². The van der Waals surface area contributed by atoms with Crippen molar-refractivity contribution in [1.29, 1.82) is 0 Å². The first-order chi connectivity index (χ1) is 9.54. The first kappa shape index (κ1) is 15.2. The molecule has 1 fully saturated rings. The molecule has 1 aliphatic heterocycles. The minimum Gasteiger partial charge on any atom is -0.382 e. The Labute approximate surface area is 117 Å². The molecule has 4 atom stereocenters. The summed E-state index contributed by atoms with van der Waals surface area (Å²) in [5.41, 5.74) is -0.304. The van der Waals surface area contributed by atoms with Gasteiger partial charge in [-0.3, -0.25) is 9.36 Å². The molecule has 0 spiro atoms. The second-order valence-corrected chi connectivity index (χ2v) is 5.06. The fraction of sp³-hybridized carbons (Fsp3) is 0.643. The molecule has 1 aromatic heterocycles. The van der Waals surface area contributed by atoms with Crippen LogP contribution in [0.4, 0.5) is 4.39 Å². The maximum absolute atomic E-state index is 14.6. The Balaban J connectivity index is 2.24. The fourth-order valence-corrected chi connectivity index (χ4v) is 2.34. The predicted molar refractivity (Wildman–Crippen MR) is 71.4 cm³/mol. The normalized spacial score (nSPS) is 30.1. The van der Waals surface area contributed by atoms with E-state index in [1.165, 1.54) is 23.9 Å². The number of halogens is 1. The molecule has 0 saturated carbocycles. The van der Waals surface area contributed by atoms with Gasteiger partial charge in [0, 0.05) is 19.4 Å². The Morgan fingerprint density at radius 3 is 2.80 bits per heavy atom. The van der Waals surface area contributed by atoms with Gasteiger partial charge in [-0.15, -0.1) is 0 Å². The Bertz CT molecular complexity index is 490. The van der Waals surface area contributed by atoms with E-state index in [1.54, 1.807) is 12.1 Å². The van der Waals surface area contributed by atoms with Gasteiger partial charge in [0.15, 0.2) is 12.4 Å². The standard InChI is InChI=1S/C14H20FNO4/c1-9(2)19-13-10(8-18-3)20-14(12(13)15)16-7-5-4-6-11(16)17/h4-7,9-10,12-14H,8H2,1-3H3/t10-,12-,13-,14-/m1/s1. The zero-order valence-corrected chi connectivity index (χ0v) is 11.9. The van der Waals surface area contributed by atoms with Crippen LogP contribution in [0, 0.1) is 0 Å². The molecule has 1 aromatic rings. The summed E-state index contributed by atoms with van der Waals surface area (Å²) >= 11 is 0. The van der Waals surface area contributed by atoms with Crippen molar-refractivity contribution in [3.8, 4) is 0 Å². The van der Waals surface area contributed by atoms with Crippen molar-refractivity contribution < 1.29 is 18.6 Å². The lowest BCUT2D eigenvalue weighted by molar-refractivity contribution is -0.0822. The van der Waals surface area contributed by atoms with Crippen molar-refractivity contribution in [2.45, 2.75) is 44.6 Å². The molecular weight excluding hydrogens is 265 g/mol. The highest BCUT2D eigenvalue weighted by Gasteiger charge is 2.47. The summed E-state index contributed by atoms with van der Waals surface area (Å²) in [7, 11) is 1.52. The number of hydrogen-bond donors (Lipinski definition) is 0. The second kappa shape index (κ2) is 6.47. The lowest BCUT2D eigenvalue weighted by Crippen LogP contribution is -2.37. The molecule has 20 heavy (non-hydrogen) atoms. The maximum Gasteiger partial charge on any atom is 0.252 e. The third kappa shape index (κ3) is 3.08. The van der Waals surface area contributed by atoms with Crippen LogP contribution in [0.3, 0.4) is 0 Å². The molecule has 5 nitrogen and oxygen atoms in total. The van der Waals surface area contributed by atoms with Crippen LogP contribution in [-0.4, -0.2) is 42.8 Å². The molecule has 0 bridgehead atoms. The van der Waals surface area contributed by atoms with Crippen molar-refractivity contribution in [2.24, 2.45) is 0 Å². The van der Waals surface area contributed by atoms with Crippen molar-refractivity contribution in [2.75, 3.05) is 13.7 Å². The molecule has 1 aliphatic rings. The number of pyridine rings is 1. The molecule has 0 N–H and O–H groups in total. The smallest absolute Gasteiger partial charge is 0.252 e. The van der Waals surface area contributed by atoms with Gasteiger partial charge in [-0.25, -0.2) is 4.39 Å². The zero-order chi connectivity index (χ0) is 14.7. The van der Waals surface area contributed by atoms with E-state index in [4.69, 9.17) is 14.2 Å². The second-order valence-electron chi connectivity index (χ2n) is 5.06. The molecule has 0 amide bonds. The summed E-state index contributed by atoms with van der Waals surface area (Å²) in [4.78, 5) is 11.8. The van der Waals surface area contributed by atoms with Gasteiger partial charge in [0.05, 0.1) is 12.7 Å². The minimum atomic E-state index is -1.42. The van der Waals surface area contributed by atoms with E-state index in [0.29, 0.717) is 0 Å². The number of nitrogens with zero attached hydrogens (tertiary/aromatic N) is 1. The highest BCUT2D eigenvalue weighted by atomic mass is 19.1. The van der Waals surface area contributed by atoms with E-state index in [-0.39, 0.29) is 18.3 Å². The number of rotatable bonds is 5. The van der Waals surface area contributed by atoms with Crippen LogP contribution in [0.2, 0.25) is 0 Å². The van der Waals surface area contributed by atoms with Crippen LogP contribution in [0.25, 0.3) is 0 Å². The van der Waals surface area contributed by atoms with Crippen molar-refractivity contribution >= 4 is 0 Å². The van der Waals surface area contributed by atoms with Crippen molar-refractivity contribution in [3.05, 3.63) is 34.7 Å². The van der Waals surface area contributed by atoms with E-state index in [0.717, 1.165) is 0 Å². The summed E-state index contributed by atoms with van der Waals surface area (Å²) in [5, 5.41) is 0. The number of ether oxygens (including phenoxy) is 3. The maximum atomic E-state index is 14.6. The largest absolute Gasteiger partial charge is 0.382 e. The summed E-state index contributed by atoms with van der Waals surface area (Å²) in [6.07, 6.45) is -2.29. The summed E-state index contributed by atoms with van der Waals surface area (Å²) in [6.45, 7) is 3.88. The summed E-state index contributed by atoms with van der Waals surface area (Å²) in [6, 6.07) is 4.65. The van der Waals surface area contributed by atoms with Crippen molar-refractivity contribution in [3.63, 3.8) is 0 Å². The third-order valence-electron chi connectivity index (χ3n) is 3.15. The lowest BCUT2D eigenvalue weighted by atomic mass is 10.1. The van der Waals surface area contributed by atoms with Gasteiger partial charge in [-0.1, -0.05) is 6.07 Å². The van der Waals surface area contributed by atoms with Crippen molar-refractivity contribution in [1.82, 2.24) is 4.57 Å². The van der Waals surface area contributed by atoms with Crippen LogP contribution < -0.4 is 5.56 Å². The summed E-state index contributed by atoms with van der Waals surface area (Å²) < 4.78 is 32.1. The number of methoxy groups -OCH3 is 1. The molecule has 0 aromatic carbocycles. The first-order valence-corrected chi connectivity index (χ1v) is 6.65. The molecular formula is C14H20FNO4. The Hall–Kier alpha value is -1.24. The van der Waals surface area contributed by atoms with E-state index in [1.807, 2.05) is 13.8 Å². The SMILES string of the molecule is COC[C@H]1O[C@@H](n2ccccc2=O)[C@H](F)[C@@H]1OC(C)C. The highest BCUT2D eigenvalue weighted by molar-refractivity contribution is 4.99. The van der Waals surface area contributed by atoms with Crippen LogP contribution in [0.1, 0.15) is 20.1 Å². The van der Waals surface area contributed by atoms with Gasteiger partial charge >= 0.3 is 0 Å². The van der Waals surface area contributed by atoms with Gasteiger partial charge in [0.2, 0.25) is 0 Å². The molecule has 6 heteroatoms. The number of aromatic nitrogens is 1. The summed E-state index contributed by atoms with van der Waals surface area (Å²) in [5.74, 6) is 0. The Morgan fingerprint density at radius 1 is 1.45 bits per heavy atom. The first-order valence-electron chi connectivity index (χ1n) is 6.65. The molecule has 2 heterocycles. The lowest BCUT2D eigenvalue weighted by Gasteiger charge is -2.21. The van der Waals surface area contributed by atoms with Crippen LogP contribution in [0.5, 0.6) is 0 Å². The zero-order valence-electron chi connectivity index (χ0n) is 11.9. The number of hydrogen-bond acceptors (Lipinski definition) is 4.